The van der Waals surface area contributed by atoms with Crippen LogP contribution in [0.15, 0.2) is 79.1 Å². The normalized spacial score (nSPS) is 15.0. The Labute approximate surface area is 194 Å². The lowest BCUT2D eigenvalue weighted by atomic mass is 9.72. The molecule has 0 aliphatic carbocycles. The van der Waals surface area contributed by atoms with Crippen LogP contribution in [0.2, 0.25) is 0 Å². The van der Waals surface area contributed by atoms with E-state index in [1.807, 2.05) is 54.6 Å². The number of ether oxygens (including phenoxy) is 1. The number of rotatable bonds is 7. The summed E-state index contributed by atoms with van der Waals surface area (Å²) in [5.41, 5.74) is 2.75. The number of piperidine rings is 1. The summed E-state index contributed by atoms with van der Waals surface area (Å²) in [6.45, 7) is 1.06. The SMILES string of the molecule is CNC(=O)C1(Cc2ccccc2-c2ccncc2)CCN(C(=O)COc2ccccc2)CC1. The summed E-state index contributed by atoms with van der Waals surface area (Å²) in [5, 5.41) is 2.87. The van der Waals surface area contributed by atoms with Crippen LogP contribution in [-0.4, -0.2) is 48.4 Å². The lowest BCUT2D eigenvalue weighted by Crippen LogP contribution is -2.51. The summed E-state index contributed by atoms with van der Waals surface area (Å²) in [7, 11) is 1.68. The first-order chi connectivity index (χ1) is 16.1. The van der Waals surface area contributed by atoms with Crippen molar-refractivity contribution < 1.29 is 14.3 Å². The van der Waals surface area contributed by atoms with Gasteiger partial charge in [0.25, 0.3) is 5.91 Å². The number of nitrogens with zero attached hydrogens (tertiary/aromatic N) is 2. The lowest BCUT2D eigenvalue weighted by Gasteiger charge is -2.41. The lowest BCUT2D eigenvalue weighted by molar-refractivity contribution is -0.141. The molecule has 0 spiro atoms. The van der Waals surface area contributed by atoms with Crippen LogP contribution in [0.5, 0.6) is 5.75 Å². The maximum absolute atomic E-state index is 13.1. The van der Waals surface area contributed by atoms with Crippen molar-refractivity contribution in [3.8, 4) is 16.9 Å². The summed E-state index contributed by atoms with van der Waals surface area (Å²) in [6.07, 6.45) is 5.39. The van der Waals surface area contributed by atoms with Gasteiger partial charge in [-0.15, -0.1) is 0 Å². The van der Waals surface area contributed by atoms with Gasteiger partial charge >= 0.3 is 0 Å². The largest absolute Gasteiger partial charge is 0.484 e. The van der Waals surface area contributed by atoms with Gasteiger partial charge in [-0.3, -0.25) is 14.6 Å². The zero-order valence-electron chi connectivity index (χ0n) is 18.9. The van der Waals surface area contributed by atoms with Crippen molar-refractivity contribution in [2.45, 2.75) is 19.3 Å². The Morgan fingerprint density at radius 2 is 1.64 bits per heavy atom. The molecule has 1 aliphatic rings. The highest BCUT2D eigenvalue weighted by molar-refractivity contribution is 5.84. The van der Waals surface area contributed by atoms with Gasteiger partial charge in [-0.1, -0.05) is 42.5 Å². The molecule has 1 saturated heterocycles. The van der Waals surface area contributed by atoms with E-state index in [0.29, 0.717) is 38.1 Å². The van der Waals surface area contributed by atoms with Gasteiger partial charge in [0.05, 0.1) is 5.41 Å². The van der Waals surface area contributed by atoms with Crippen LogP contribution in [0.1, 0.15) is 18.4 Å². The molecule has 170 valence electrons. The maximum Gasteiger partial charge on any atom is 0.260 e. The number of hydrogen-bond donors (Lipinski definition) is 1. The molecule has 4 rings (SSSR count). The highest BCUT2D eigenvalue weighted by atomic mass is 16.5. The van der Waals surface area contributed by atoms with Gasteiger partial charge in [0.1, 0.15) is 5.75 Å². The molecule has 0 radical (unpaired) electrons. The van der Waals surface area contributed by atoms with Crippen LogP contribution >= 0.6 is 0 Å². The Morgan fingerprint density at radius 1 is 0.970 bits per heavy atom. The summed E-state index contributed by atoms with van der Waals surface area (Å²) < 4.78 is 5.63. The first-order valence-electron chi connectivity index (χ1n) is 11.3. The number of aromatic nitrogens is 1. The smallest absolute Gasteiger partial charge is 0.260 e. The Bertz CT molecular complexity index is 1080. The average molecular weight is 444 g/mol. The molecule has 2 aromatic carbocycles. The minimum absolute atomic E-state index is 0.00185. The number of carbonyl (C=O) groups excluding carboxylic acids is 2. The van der Waals surface area contributed by atoms with Gasteiger partial charge in [0.15, 0.2) is 6.61 Å². The third-order valence-electron chi connectivity index (χ3n) is 6.43. The third kappa shape index (κ3) is 5.22. The molecule has 1 aliphatic heterocycles. The Kier molecular flexibility index (Phi) is 7.03. The predicted octanol–water partition coefficient (Wildman–Crippen LogP) is 3.72. The molecule has 2 heterocycles. The zero-order chi connectivity index (χ0) is 23.1. The van der Waals surface area contributed by atoms with Crippen molar-refractivity contribution in [2.24, 2.45) is 5.41 Å². The zero-order valence-corrected chi connectivity index (χ0v) is 18.9. The molecule has 0 bridgehead atoms. The third-order valence-corrected chi connectivity index (χ3v) is 6.43. The van der Waals surface area contributed by atoms with Crippen LogP contribution < -0.4 is 10.1 Å². The predicted molar refractivity (Wildman–Crippen MR) is 128 cm³/mol. The van der Waals surface area contributed by atoms with E-state index in [9.17, 15) is 9.59 Å². The minimum atomic E-state index is -0.561. The molecule has 0 atom stereocenters. The van der Waals surface area contributed by atoms with E-state index in [4.69, 9.17) is 4.74 Å². The van der Waals surface area contributed by atoms with Crippen LogP contribution in [0.4, 0.5) is 0 Å². The second kappa shape index (κ2) is 10.3. The molecule has 1 fully saturated rings. The molecule has 0 saturated carbocycles. The van der Waals surface area contributed by atoms with E-state index in [1.54, 1.807) is 24.3 Å². The summed E-state index contributed by atoms with van der Waals surface area (Å²) in [4.78, 5) is 31.7. The number of hydrogen-bond acceptors (Lipinski definition) is 4. The van der Waals surface area contributed by atoms with E-state index in [-0.39, 0.29) is 18.4 Å². The standard InChI is InChI=1S/C27H29N3O3/c1-28-26(32)27(19-22-7-5-6-10-24(22)21-11-15-29-16-12-21)13-17-30(18-14-27)25(31)20-33-23-8-3-2-4-9-23/h2-12,15-16H,13-14,17-20H2,1H3,(H,28,32). The van der Waals surface area contributed by atoms with Crippen molar-refractivity contribution >= 4 is 11.8 Å². The van der Waals surface area contributed by atoms with Crippen LogP contribution in [0.3, 0.4) is 0 Å². The summed E-state index contributed by atoms with van der Waals surface area (Å²) in [6, 6.07) is 21.5. The number of benzene rings is 2. The molecule has 6 nitrogen and oxygen atoms in total. The second-order valence-corrected chi connectivity index (χ2v) is 8.41. The molecule has 6 heteroatoms. The molecule has 3 aromatic rings. The van der Waals surface area contributed by atoms with E-state index >= 15 is 0 Å². The Balaban J connectivity index is 1.47. The fraction of sp³-hybridized carbons (Fsp3) is 0.296. The van der Waals surface area contributed by atoms with Crippen molar-refractivity contribution in [1.82, 2.24) is 15.2 Å². The van der Waals surface area contributed by atoms with Gasteiger partial charge in [0.2, 0.25) is 5.91 Å². The molecule has 0 unspecified atom stereocenters. The molecule has 33 heavy (non-hydrogen) atoms. The highest BCUT2D eigenvalue weighted by Gasteiger charge is 2.42. The fourth-order valence-corrected chi connectivity index (χ4v) is 4.54. The van der Waals surface area contributed by atoms with Gasteiger partial charge in [-0.05, 0) is 60.2 Å². The van der Waals surface area contributed by atoms with Gasteiger partial charge in [-0.2, -0.15) is 0 Å². The Hall–Kier alpha value is -3.67. The highest BCUT2D eigenvalue weighted by Crippen LogP contribution is 2.38. The second-order valence-electron chi connectivity index (χ2n) is 8.41. The number of nitrogens with one attached hydrogen (secondary N) is 1. The van der Waals surface area contributed by atoms with E-state index in [2.05, 4.69) is 22.4 Å². The van der Waals surface area contributed by atoms with Crippen molar-refractivity contribution in [3.63, 3.8) is 0 Å². The molecular weight excluding hydrogens is 414 g/mol. The van der Waals surface area contributed by atoms with Crippen LogP contribution in [0.25, 0.3) is 11.1 Å². The van der Waals surface area contributed by atoms with Crippen LogP contribution in [-0.2, 0) is 16.0 Å². The van der Waals surface area contributed by atoms with Crippen molar-refractivity contribution in [1.29, 1.82) is 0 Å². The van der Waals surface area contributed by atoms with E-state index < -0.39 is 5.41 Å². The fourth-order valence-electron chi connectivity index (χ4n) is 4.54. The minimum Gasteiger partial charge on any atom is -0.484 e. The summed E-state index contributed by atoms with van der Waals surface area (Å²) in [5.74, 6) is 0.650. The summed E-state index contributed by atoms with van der Waals surface area (Å²) >= 11 is 0. The molecule has 1 aromatic heterocycles. The number of carbonyl (C=O) groups is 2. The first kappa shape index (κ1) is 22.5. The van der Waals surface area contributed by atoms with Crippen molar-refractivity contribution in [2.75, 3.05) is 26.7 Å². The Morgan fingerprint density at radius 3 is 2.33 bits per heavy atom. The van der Waals surface area contributed by atoms with Crippen LogP contribution in [0, 0.1) is 5.41 Å². The van der Waals surface area contributed by atoms with Crippen molar-refractivity contribution in [3.05, 3.63) is 84.7 Å². The monoisotopic (exact) mass is 443 g/mol. The topological polar surface area (TPSA) is 71.5 Å². The number of likely N-dealkylation sites (tertiary alicyclic amines) is 1. The van der Waals surface area contributed by atoms with Gasteiger partial charge in [-0.25, -0.2) is 0 Å². The molecule has 2 amide bonds. The number of amides is 2. The van der Waals surface area contributed by atoms with E-state index in [0.717, 1.165) is 16.7 Å². The maximum atomic E-state index is 13.1. The average Bonchev–Trinajstić information content (AvgIpc) is 2.88. The first-order valence-corrected chi connectivity index (χ1v) is 11.3. The molecular formula is C27H29N3O3. The quantitative estimate of drug-likeness (QED) is 0.604. The van der Waals surface area contributed by atoms with E-state index in [1.165, 1.54) is 0 Å². The van der Waals surface area contributed by atoms with Gasteiger partial charge < -0.3 is 15.0 Å². The molecule has 1 N–H and O–H groups in total. The number of para-hydroxylation sites is 1. The van der Waals surface area contributed by atoms with Gasteiger partial charge in [0, 0.05) is 32.5 Å². The number of pyridine rings is 1.